The SMILES string of the molecule is Cc1cccc(C)c1Oc1ccc(CNC(=O)CC#N)cc1. The molecule has 0 radical (unpaired) electrons. The van der Waals surface area contributed by atoms with Crippen molar-refractivity contribution in [3.63, 3.8) is 0 Å². The van der Waals surface area contributed by atoms with Crippen molar-refractivity contribution in [1.29, 1.82) is 5.26 Å². The Labute approximate surface area is 130 Å². The highest BCUT2D eigenvalue weighted by Crippen LogP contribution is 2.28. The first-order chi connectivity index (χ1) is 10.6. The van der Waals surface area contributed by atoms with Gasteiger partial charge in [0.1, 0.15) is 17.9 Å². The van der Waals surface area contributed by atoms with Gasteiger partial charge in [-0.2, -0.15) is 5.26 Å². The van der Waals surface area contributed by atoms with Gasteiger partial charge in [0.15, 0.2) is 0 Å². The van der Waals surface area contributed by atoms with E-state index in [1.165, 1.54) is 0 Å². The Hall–Kier alpha value is -2.80. The molecular weight excluding hydrogens is 276 g/mol. The first-order valence-electron chi connectivity index (χ1n) is 7.07. The molecule has 0 heterocycles. The van der Waals surface area contributed by atoms with E-state index in [0.717, 1.165) is 28.2 Å². The second kappa shape index (κ2) is 7.28. The van der Waals surface area contributed by atoms with Crippen LogP contribution in [0.4, 0.5) is 0 Å². The Kier molecular flexibility index (Phi) is 5.16. The second-order valence-corrected chi connectivity index (χ2v) is 5.08. The van der Waals surface area contributed by atoms with Gasteiger partial charge in [-0.1, -0.05) is 30.3 Å². The predicted molar refractivity (Wildman–Crippen MR) is 84.5 cm³/mol. The molecule has 0 aliphatic rings. The second-order valence-electron chi connectivity index (χ2n) is 5.08. The third-order valence-electron chi connectivity index (χ3n) is 3.28. The number of rotatable bonds is 5. The van der Waals surface area contributed by atoms with Crippen LogP contribution < -0.4 is 10.1 Å². The molecule has 2 aromatic rings. The van der Waals surface area contributed by atoms with Crippen LogP contribution in [-0.2, 0) is 11.3 Å². The Morgan fingerprint density at radius 3 is 2.36 bits per heavy atom. The molecule has 4 heteroatoms. The number of aryl methyl sites for hydroxylation is 2. The minimum atomic E-state index is -0.265. The number of carbonyl (C=O) groups excluding carboxylic acids is 1. The molecule has 0 saturated heterocycles. The fraction of sp³-hybridized carbons (Fsp3) is 0.222. The molecule has 0 bridgehead atoms. The zero-order valence-corrected chi connectivity index (χ0v) is 12.7. The van der Waals surface area contributed by atoms with Gasteiger partial charge in [0.25, 0.3) is 0 Å². The summed E-state index contributed by atoms with van der Waals surface area (Å²) in [6.07, 6.45) is -0.117. The highest BCUT2D eigenvalue weighted by atomic mass is 16.5. The summed E-state index contributed by atoms with van der Waals surface area (Å²) in [5.41, 5.74) is 3.14. The van der Waals surface area contributed by atoms with E-state index in [-0.39, 0.29) is 12.3 Å². The molecule has 0 spiro atoms. The highest BCUT2D eigenvalue weighted by molar-refractivity contribution is 5.77. The summed E-state index contributed by atoms with van der Waals surface area (Å²) in [5, 5.41) is 11.1. The molecule has 112 valence electrons. The van der Waals surface area contributed by atoms with Crippen LogP contribution in [0.2, 0.25) is 0 Å². The molecule has 0 atom stereocenters. The van der Waals surface area contributed by atoms with Crippen LogP contribution >= 0.6 is 0 Å². The van der Waals surface area contributed by atoms with Crippen molar-refractivity contribution in [3.8, 4) is 17.6 Å². The summed E-state index contributed by atoms with van der Waals surface area (Å²) in [6, 6.07) is 15.4. The van der Waals surface area contributed by atoms with E-state index in [1.54, 1.807) is 0 Å². The average molecular weight is 294 g/mol. The summed E-state index contributed by atoms with van der Waals surface area (Å²) in [5.74, 6) is 1.36. The van der Waals surface area contributed by atoms with E-state index in [9.17, 15) is 4.79 Å². The molecule has 0 aliphatic heterocycles. The lowest BCUT2D eigenvalue weighted by Crippen LogP contribution is -2.21. The minimum Gasteiger partial charge on any atom is -0.457 e. The summed E-state index contributed by atoms with van der Waals surface area (Å²) in [7, 11) is 0. The number of hydrogen-bond donors (Lipinski definition) is 1. The van der Waals surface area contributed by atoms with Crippen molar-refractivity contribution in [1.82, 2.24) is 5.32 Å². The number of para-hydroxylation sites is 1. The van der Waals surface area contributed by atoms with Gasteiger partial charge in [0.05, 0.1) is 6.07 Å². The summed E-state index contributed by atoms with van der Waals surface area (Å²) in [4.78, 5) is 11.2. The van der Waals surface area contributed by atoms with Crippen LogP contribution in [0.15, 0.2) is 42.5 Å². The summed E-state index contributed by atoms with van der Waals surface area (Å²) >= 11 is 0. The Morgan fingerprint density at radius 1 is 1.14 bits per heavy atom. The van der Waals surface area contributed by atoms with E-state index in [2.05, 4.69) is 5.32 Å². The number of nitrogens with one attached hydrogen (secondary N) is 1. The van der Waals surface area contributed by atoms with Crippen molar-refractivity contribution in [3.05, 3.63) is 59.2 Å². The van der Waals surface area contributed by atoms with Gasteiger partial charge >= 0.3 is 0 Å². The molecule has 4 nitrogen and oxygen atoms in total. The molecule has 0 aliphatic carbocycles. The Bertz CT molecular complexity index is 680. The highest BCUT2D eigenvalue weighted by Gasteiger charge is 2.05. The normalized spacial score (nSPS) is 9.86. The molecular formula is C18H18N2O2. The fourth-order valence-corrected chi connectivity index (χ4v) is 2.09. The maximum absolute atomic E-state index is 11.2. The first-order valence-corrected chi connectivity index (χ1v) is 7.07. The summed E-state index contributed by atoms with van der Waals surface area (Å²) in [6.45, 7) is 4.44. The number of amides is 1. The van der Waals surface area contributed by atoms with Crippen molar-refractivity contribution in [2.75, 3.05) is 0 Å². The summed E-state index contributed by atoms with van der Waals surface area (Å²) < 4.78 is 5.93. The molecule has 0 saturated carbocycles. The number of hydrogen-bond acceptors (Lipinski definition) is 3. The monoisotopic (exact) mass is 294 g/mol. The van der Waals surface area contributed by atoms with E-state index in [0.29, 0.717) is 6.54 Å². The number of carbonyl (C=O) groups is 1. The van der Waals surface area contributed by atoms with Gasteiger partial charge in [0, 0.05) is 6.54 Å². The lowest BCUT2D eigenvalue weighted by atomic mass is 10.1. The van der Waals surface area contributed by atoms with E-state index >= 15 is 0 Å². The van der Waals surface area contributed by atoms with Gasteiger partial charge in [0.2, 0.25) is 5.91 Å². The molecule has 1 amide bonds. The van der Waals surface area contributed by atoms with Crippen molar-refractivity contribution < 1.29 is 9.53 Å². The fourth-order valence-electron chi connectivity index (χ4n) is 2.09. The van der Waals surface area contributed by atoms with Crippen molar-refractivity contribution in [2.24, 2.45) is 0 Å². The third-order valence-corrected chi connectivity index (χ3v) is 3.28. The maximum atomic E-state index is 11.2. The van der Waals surface area contributed by atoms with Gasteiger partial charge in [-0.25, -0.2) is 0 Å². The Balaban J connectivity index is 2.00. The average Bonchev–Trinajstić information content (AvgIpc) is 2.50. The zero-order chi connectivity index (χ0) is 15.9. The smallest absolute Gasteiger partial charge is 0.234 e. The van der Waals surface area contributed by atoms with E-state index in [4.69, 9.17) is 10.00 Å². The number of nitrogens with zero attached hydrogens (tertiary/aromatic N) is 1. The van der Waals surface area contributed by atoms with Gasteiger partial charge in [-0.3, -0.25) is 4.79 Å². The van der Waals surface area contributed by atoms with Crippen LogP contribution in [0, 0.1) is 25.2 Å². The lowest BCUT2D eigenvalue weighted by Gasteiger charge is -2.12. The van der Waals surface area contributed by atoms with Crippen LogP contribution in [0.5, 0.6) is 11.5 Å². The topological polar surface area (TPSA) is 62.1 Å². The standard InChI is InChI=1S/C18H18N2O2/c1-13-4-3-5-14(2)18(13)22-16-8-6-15(7-9-16)12-20-17(21)10-11-19/h3-9H,10,12H2,1-2H3,(H,20,21). The molecule has 2 aromatic carbocycles. The predicted octanol–water partition coefficient (Wildman–Crippen LogP) is 3.63. The van der Waals surface area contributed by atoms with Crippen LogP contribution in [0.25, 0.3) is 0 Å². The third kappa shape index (κ3) is 4.10. The number of benzene rings is 2. The molecule has 1 N–H and O–H groups in total. The largest absolute Gasteiger partial charge is 0.457 e. The molecule has 0 aromatic heterocycles. The van der Waals surface area contributed by atoms with Crippen molar-refractivity contribution >= 4 is 5.91 Å². The minimum absolute atomic E-state index is 0.117. The quantitative estimate of drug-likeness (QED) is 0.916. The molecule has 0 fully saturated rings. The maximum Gasteiger partial charge on any atom is 0.234 e. The molecule has 2 rings (SSSR count). The lowest BCUT2D eigenvalue weighted by molar-refractivity contribution is -0.120. The van der Waals surface area contributed by atoms with E-state index in [1.807, 2.05) is 62.4 Å². The van der Waals surface area contributed by atoms with Gasteiger partial charge < -0.3 is 10.1 Å². The van der Waals surface area contributed by atoms with Crippen molar-refractivity contribution in [2.45, 2.75) is 26.8 Å². The zero-order valence-electron chi connectivity index (χ0n) is 12.7. The number of ether oxygens (including phenoxy) is 1. The number of nitriles is 1. The van der Waals surface area contributed by atoms with Gasteiger partial charge in [-0.15, -0.1) is 0 Å². The van der Waals surface area contributed by atoms with Crippen LogP contribution in [0.1, 0.15) is 23.1 Å². The molecule has 22 heavy (non-hydrogen) atoms. The first kappa shape index (κ1) is 15.6. The Morgan fingerprint density at radius 2 is 1.77 bits per heavy atom. The van der Waals surface area contributed by atoms with Crippen LogP contribution in [-0.4, -0.2) is 5.91 Å². The molecule has 0 unspecified atom stereocenters. The van der Waals surface area contributed by atoms with E-state index < -0.39 is 0 Å². The van der Waals surface area contributed by atoms with Gasteiger partial charge in [-0.05, 0) is 42.7 Å². The van der Waals surface area contributed by atoms with Crippen LogP contribution in [0.3, 0.4) is 0 Å².